The summed E-state index contributed by atoms with van der Waals surface area (Å²) in [6.45, 7) is -0.0291. The normalized spacial score (nSPS) is 13.5. The monoisotopic (exact) mass is 888 g/mol. The Morgan fingerprint density at radius 1 is 0.357 bits per heavy atom. The van der Waals surface area contributed by atoms with Gasteiger partial charge in [-0.25, -0.2) is 9.97 Å². The Balaban J connectivity index is 0.992. The van der Waals surface area contributed by atoms with Crippen LogP contribution in [-0.4, -0.2) is 21.2 Å². The first kappa shape index (κ1) is 39.0. The molecule has 5 heteroatoms. The Kier molecular flexibility index (Phi) is 8.34. The first-order valence-electron chi connectivity index (χ1n) is 24.2. The zero-order valence-corrected chi connectivity index (χ0v) is 38.0. The quantitative estimate of drug-likeness (QED) is 0.162. The lowest BCUT2D eigenvalue weighted by molar-refractivity contribution is 0.794. The summed E-state index contributed by atoms with van der Waals surface area (Å²) in [7, 11) is 0. The second kappa shape index (κ2) is 15.0. The van der Waals surface area contributed by atoms with E-state index in [1.54, 1.807) is 0 Å². The second-order valence-corrected chi connectivity index (χ2v) is 18.8. The van der Waals surface area contributed by atoms with Gasteiger partial charge >= 0.3 is 0 Å². The fourth-order valence-electron chi connectivity index (χ4n) is 12.5. The molecule has 3 heterocycles. The van der Waals surface area contributed by atoms with Gasteiger partial charge in [-0.1, -0.05) is 212 Å². The summed E-state index contributed by atoms with van der Waals surface area (Å²) >= 11 is 0. The number of nitrogens with zero attached hydrogens (tertiary/aromatic N) is 4. The highest BCUT2D eigenvalue weighted by molar-refractivity contribution is 6.98. The van der Waals surface area contributed by atoms with E-state index in [4.69, 9.17) is 9.97 Å². The van der Waals surface area contributed by atoms with E-state index >= 15 is 0 Å². The lowest BCUT2D eigenvalue weighted by Gasteiger charge is -2.36. The molecule has 0 radical (unpaired) electrons. The molecule has 0 N–H and O–H groups in total. The van der Waals surface area contributed by atoms with Gasteiger partial charge in [0, 0.05) is 39.0 Å². The maximum Gasteiger partial charge on any atom is 0.246 e. The van der Waals surface area contributed by atoms with Crippen LogP contribution < -0.4 is 21.3 Å². The van der Waals surface area contributed by atoms with Gasteiger partial charge in [-0.05, 0) is 97.9 Å². The first-order chi connectivity index (χ1) is 34.7. The molecule has 3 aliphatic rings. The molecule has 0 saturated carbocycles. The minimum atomic E-state index is -0.423. The molecule has 1 aliphatic heterocycles. The van der Waals surface area contributed by atoms with Crippen LogP contribution in [-0.2, 0) is 5.41 Å². The van der Waals surface area contributed by atoms with Gasteiger partial charge in [-0.15, -0.1) is 0 Å². The molecule has 0 bridgehead atoms. The standard InChI is InChI=1S/C65H41BN4/c1-4-20-42(21-5-1)58-40-59(43-36-37-55-50(38-43)48-28-12-16-32-54(48)65(55)52-30-14-10-26-46(52)47-27-11-15-31-53(47)65)68-64(67-58)70-61-35-19-17-33-56(61)66(44-22-6-2-7-23-44)57-39-51-49-29-13-18-34-60(49)69(62(51)41-63(57)70)45-24-8-3-9-25-45/h1-41H. The van der Waals surface area contributed by atoms with Crippen LogP contribution >= 0.6 is 0 Å². The summed E-state index contributed by atoms with van der Waals surface area (Å²) in [5.74, 6) is 0.620. The molecule has 0 saturated heterocycles. The lowest BCUT2D eigenvalue weighted by atomic mass is 9.35. The zero-order chi connectivity index (χ0) is 45.9. The van der Waals surface area contributed by atoms with E-state index in [0.29, 0.717) is 5.95 Å². The smallest absolute Gasteiger partial charge is 0.246 e. The average molecular weight is 889 g/mol. The van der Waals surface area contributed by atoms with E-state index in [0.717, 1.165) is 45.1 Å². The van der Waals surface area contributed by atoms with Crippen molar-refractivity contribution < 1.29 is 0 Å². The molecule has 2 aromatic heterocycles. The van der Waals surface area contributed by atoms with Crippen molar-refractivity contribution in [3.05, 3.63) is 271 Å². The van der Waals surface area contributed by atoms with Crippen molar-refractivity contribution in [1.29, 1.82) is 0 Å². The summed E-state index contributed by atoms with van der Waals surface area (Å²) in [6.07, 6.45) is 0. The number of para-hydroxylation sites is 3. The summed E-state index contributed by atoms with van der Waals surface area (Å²) < 4.78 is 2.41. The molecular formula is C65H41BN4. The van der Waals surface area contributed by atoms with Crippen molar-refractivity contribution in [3.63, 3.8) is 0 Å². The van der Waals surface area contributed by atoms with Crippen LogP contribution in [0.5, 0.6) is 0 Å². The zero-order valence-electron chi connectivity index (χ0n) is 38.0. The molecule has 70 heavy (non-hydrogen) atoms. The highest BCUT2D eigenvalue weighted by Crippen LogP contribution is 2.63. The van der Waals surface area contributed by atoms with Crippen molar-refractivity contribution in [3.8, 4) is 50.5 Å². The van der Waals surface area contributed by atoms with Crippen LogP contribution in [0.3, 0.4) is 0 Å². The summed E-state index contributed by atoms with van der Waals surface area (Å²) in [5, 5.41) is 2.43. The molecule has 2 aliphatic carbocycles. The van der Waals surface area contributed by atoms with E-state index in [1.807, 2.05) is 0 Å². The van der Waals surface area contributed by atoms with Crippen LogP contribution in [0, 0.1) is 0 Å². The Hall–Kier alpha value is -9.06. The van der Waals surface area contributed by atoms with E-state index in [2.05, 4.69) is 258 Å². The number of rotatable bonds is 5. The third-order valence-electron chi connectivity index (χ3n) is 15.3. The molecular weight excluding hydrogens is 848 g/mol. The van der Waals surface area contributed by atoms with Crippen LogP contribution in [0.15, 0.2) is 249 Å². The maximum atomic E-state index is 5.70. The number of anilines is 3. The number of hydrogen-bond donors (Lipinski definition) is 0. The lowest BCUT2D eigenvalue weighted by Crippen LogP contribution is -2.57. The van der Waals surface area contributed by atoms with Crippen LogP contribution in [0.2, 0.25) is 0 Å². The molecule has 1 spiro atoms. The Labute approximate surface area is 406 Å². The highest BCUT2D eigenvalue weighted by atomic mass is 15.3. The Morgan fingerprint density at radius 3 is 1.63 bits per heavy atom. The molecule has 0 unspecified atom stereocenters. The minimum absolute atomic E-state index is 0.0291. The number of hydrogen-bond acceptors (Lipinski definition) is 3. The van der Waals surface area contributed by atoms with Gasteiger partial charge in [-0.3, -0.25) is 4.90 Å². The molecule has 4 nitrogen and oxygen atoms in total. The fourth-order valence-corrected chi connectivity index (χ4v) is 12.5. The van der Waals surface area contributed by atoms with Crippen LogP contribution in [0.1, 0.15) is 22.3 Å². The molecule has 0 fully saturated rings. The molecule has 0 amide bonds. The van der Waals surface area contributed by atoms with E-state index in [-0.39, 0.29) is 6.71 Å². The summed E-state index contributed by atoms with van der Waals surface area (Å²) in [6, 6.07) is 90.9. The van der Waals surface area contributed by atoms with Crippen molar-refractivity contribution in [2.75, 3.05) is 4.90 Å². The van der Waals surface area contributed by atoms with E-state index < -0.39 is 5.41 Å². The highest BCUT2D eigenvalue weighted by Gasteiger charge is 2.51. The Morgan fingerprint density at radius 2 is 0.914 bits per heavy atom. The van der Waals surface area contributed by atoms with Gasteiger partial charge in [-0.2, -0.15) is 0 Å². The van der Waals surface area contributed by atoms with E-state index in [9.17, 15) is 0 Å². The Bertz CT molecular complexity index is 4040. The number of fused-ring (bicyclic) bond motifs is 15. The number of aromatic nitrogens is 3. The molecule has 324 valence electrons. The summed E-state index contributed by atoms with van der Waals surface area (Å²) in [5.41, 5.74) is 22.9. The predicted molar refractivity (Wildman–Crippen MR) is 289 cm³/mol. The molecule has 0 atom stereocenters. The van der Waals surface area contributed by atoms with Crippen LogP contribution in [0.4, 0.5) is 17.3 Å². The predicted octanol–water partition coefficient (Wildman–Crippen LogP) is 13.6. The first-order valence-corrected chi connectivity index (χ1v) is 24.2. The maximum absolute atomic E-state index is 5.70. The average Bonchev–Trinajstić information content (AvgIpc) is 4.03. The third-order valence-corrected chi connectivity index (χ3v) is 15.3. The topological polar surface area (TPSA) is 34.0 Å². The second-order valence-electron chi connectivity index (χ2n) is 18.8. The van der Waals surface area contributed by atoms with Crippen LogP contribution in [0.25, 0.3) is 72.3 Å². The summed E-state index contributed by atoms with van der Waals surface area (Å²) in [4.78, 5) is 13.6. The number of benzene rings is 10. The van der Waals surface area contributed by atoms with Gasteiger partial charge in [0.25, 0.3) is 0 Å². The van der Waals surface area contributed by atoms with Crippen molar-refractivity contribution >= 4 is 62.2 Å². The SMILES string of the molecule is c1ccc(B2c3ccccc3N(c3nc(-c4ccccc4)cc(-c4ccc5c(c4)-c4ccccc4C54c5ccccc5-c5ccccc54)n3)c3cc4c(cc32)c2ccccc2n4-c2ccccc2)cc1. The fraction of sp³-hybridized carbons (Fsp3) is 0.0154. The van der Waals surface area contributed by atoms with Gasteiger partial charge < -0.3 is 4.57 Å². The molecule has 10 aromatic carbocycles. The molecule has 12 aromatic rings. The van der Waals surface area contributed by atoms with E-state index in [1.165, 1.54) is 77.2 Å². The van der Waals surface area contributed by atoms with Gasteiger partial charge in [0.15, 0.2) is 0 Å². The van der Waals surface area contributed by atoms with Crippen molar-refractivity contribution in [1.82, 2.24) is 14.5 Å². The third kappa shape index (κ3) is 5.43. The van der Waals surface area contributed by atoms with Crippen molar-refractivity contribution in [2.45, 2.75) is 5.41 Å². The van der Waals surface area contributed by atoms with Crippen molar-refractivity contribution in [2.24, 2.45) is 0 Å². The molecule has 15 rings (SSSR count). The largest absolute Gasteiger partial charge is 0.309 e. The minimum Gasteiger partial charge on any atom is -0.309 e. The van der Waals surface area contributed by atoms with Gasteiger partial charge in [0.1, 0.15) is 0 Å². The van der Waals surface area contributed by atoms with Gasteiger partial charge in [0.05, 0.1) is 27.8 Å². The van der Waals surface area contributed by atoms with Gasteiger partial charge in [0.2, 0.25) is 12.7 Å².